The highest BCUT2D eigenvalue weighted by Crippen LogP contribution is 2.18. The first-order chi connectivity index (χ1) is 10.6. The Hall–Kier alpha value is -0.690. The molecule has 0 aromatic carbocycles. The van der Waals surface area contributed by atoms with Gasteiger partial charge in [-0.25, -0.2) is 0 Å². The van der Waals surface area contributed by atoms with Crippen molar-refractivity contribution in [3.8, 4) is 0 Å². The average molecular weight is 318 g/mol. The summed E-state index contributed by atoms with van der Waals surface area (Å²) in [5.41, 5.74) is 0. The summed E-state index contributed by atoms with van der Waals surface area (Å²) in [6, 6.07) is 0. The maximum Gasteiger partial charge on any atom is 0.305 e. The van der Waals surface area contributed by atoms with Gasteiger partial charge in [-0.1, -0.05) is 45.4 Å². The van der Waals surface area contributed by atoms with Gasteiger partial charge in [0, 0.05) is 6.42 Å². The van der Waals surface area contributed by atoms with Gasteiger partial charge in [0.1, 0.15) is 31.0 Å². The number of carbonyl (C=O) groups excluding carboxylic acids is 1. The van der Waals surface area contributed by atoms with E-state index in [0.29, 0.717) is 6.42 Å². The molecule has 0 amide bonds. The van der Waals surface area contributed by atoms with Crippen LogP contribution in [0.5, 0.6) is 0 Å². The molecule has 0 aromatic rings. The van der Waals surface area contributed by atoms with E-state index in [9.17, 15) is 20.1 Å². The summed E-state index contributed by atoms with van der Waals surface area (Å²) in [4.78, 5) is 11.6. The zero-order valence-electron chi connectivity index (χ0n) is 13.4. The summed E-state index contributed by atoms with van der Waals surface area (Å²) < 4.78 is 10.1. The number of esters is 1. The Balaban J connectivity index is 2.03. The van der Waals surface area contributed by atoms with E-state index in [1.165, 1.54) is 25.7 Å². The van der Waals surface area contributed by atoms with E-state index in [0.717, 1.165) is 19.3 Å². The second kappa shape index (κ2) is 10.9. The normalized spacial score (nSPS) is 26.1. The largest absolute Gasteiger partial charge is 0.463 e. The first kappa shape index (κ1) is 19.4. The number of carbonyl (C=O) groups is 1. The molecule has 6 heteroatoms. The average Bonchev–Trinajstić information content (AvgIpc) is 2.84. The molecule has 0 spiro atoms. The second-order valence-electron chi connectivity index (χ2n) is 5.98. The standard InChI is InChI=1S/C16H30O6/c1-2-3-4-5-6-7-8-9-14(19)21-11-13(18)16-15(20)12(17)10-22-16/h12-13,15-18,20H,2-11H2,1H3/t12-,13?,15+,16-/m1/s1. The van der Waals surface area contributed by atoms with Crippen molar-refractivity contribution >= 4 is 5.97 Å². The van der Waals surface area contributed by atoms with E-state index in [2.05, 4.69) is 6.92 Å². The lowest BCUT2D eigenvalue weighted by Crippen LogP contribution is -2.41. The van der Waals surface area contributed by atoms with Gasteiger partial charge in [0.2, 0.25) is 0 Å². The predicted molar refractivity (Wildman–Crippen MR) is 81.3 cm³/mol. The van der Waals surface area contributed by atoms with Gasteiger partial charge in [0.05, 0.1) is 6.61 Å². The molecule has 1 heterocycles. The van der Waals surface area contributed by atoms with Gasteiger partial charge in [-0.15, -0.1) is 0 Å². The molecular formula is C16H30O6. The number of hydrogen-bond acceptors (Lipinski definition) is 6. The van der Waals surface area contributed by atoms with Gasteiger partial charge in [0.25, 0.3) is 0 Å². The highest BCUT2D eigenvalue weighted by atomic mass is 16.6. The quantitative estimate of drug-likeness (QED) is 0.391. The van der Waals surface area contributed by atoms with E-state index in [1.807, 2.05) is 0 Å². The molecule has 4 atom stereocenters. The zero-order valence-corrected chi connectivity index (χ0v) is 13.4. The Morgan fingerprint density at radius 2 is 1.82 bits per heavy atom. The van der Waals surface area contributed by atoms with Crippen molar-refractivity contribution in [1.29, 1.82) is 0 Å². The van der Waals surface area contributed by atoms with Crippen LogP contribution in [0.1, 0.15) is 58.3 Å². The minimum absolute atomic E-state index is 0.0190. The molecule has 6 nitrogen and oxygen atoms in total. The molecular weight excluding hydrogens is 288 g/mol. The summed E-state index contributed by atoms with van der Waals surface area (Å²) in [7, 11) is 0. The zero-order chi connectivity index (χ0) is 16.4. The van der Waals surface area contributed by atoms with E-state index in [4.69, 9.17) is 9.47 Å². The molecule has 1 saturated heterocycles. The Labute approximate surface area is 132 Å². The number of unbranched alkanes of at least 4 members (excludes halogenated alkanes) is 6. The van der Waals surface area contributed by atoms with Crippen LogP contribution in [0.15, 0.2) is 0 Å². The van der Waals surface area contributed by atoms with Crippen molar-refractivity contribution < 1.29 is 29.6 Å². The van der Waals surface area contributed by atoms with Gasteiger partial charge in [-0.2, -0.15) is 0 Å². The summed E-state index contributed by atoms with van der Waals surface area (Å²) in [6.07, 6.45) is 4.08. The highest BCUT2D eigenvalue weighted by molar-refractivity contribution is 5.69. The van der Waals surface area contributed by atoms with Crippen LogP contribution < -0.4 is 0 Å². The Bertz CT molecular complexity index is 309. The van der Waals surface area contributed by atoms with Crippen LogP contribution in [0.25, 0.3) is 0 Å². The fraction of sp³-hybridized carbons (Fsp3) is 0.938. The van der Waals surface area contributed by atoms with Crippen LogP contribution in [0, 0.1) is 0 Å². The van der Waals surface area contributed by atoms with Crippen molar-refractivity contribution in [3.05, 3.63) is 0 Å². The van der Waals surface area contributed by atoms with E-state index >= 15 is 0 Å². The molecule has 1 unspecified atom stereocenters. The van der Waals surface area contributed by atoms with Crippen LogP contribution in [0.4, 0.5) is 0 Å². The molecule has 22 heavy (non-hydrogen) atoms. The molecule has 0 saturated carbocycles. The fourth-order valence-corrected chi connectivity index (χ4v) is 2.54. The van der Waals surface area contributed by atoms with Crippen LogP contribution in [0.3, 0.4) is 0 Å². The molecule has 1 aliphatic rings. The summed E-state index contributed by atoms with van der Waals surface area (Å²) in [5, 5.41) is 28.7. The van der Waals surface area contributed by atoms with Crippen LogP contribution >= 0.6 is 0 Å². The molecule has 0 aromatic heterocycles. The second-order valence-corrected chi connectivity index (χ2v) is 5.98. The number of hydrogen-bond donors (Lipinski definition) is 3. The number of ether oxygens (including phenoxy) is 2. The maximum absolute atomic E-state index is 11.6. The predicted octanol–water partition coefficient (Wildman–Crippen LogP) is 1.15. The lowest BCUT2D eigenvalue weighted by molar-refractivity contribution is -0.151. The Kier molecular flexibility index (Phi) is 9.63. The van der Waals surface area contributed by atoms with Crippen molar-refractivity contribution in [2.45, 2.75) is 82.7 Å². The van der Waals surface area contributed by atoms with Gasteiger partial charge < -0.3 is 24.8 Å². The van der Waals surface area contributed by atoms with Crippen LogP contribution in [-0.4, -0.2) is 58.9 Å². The van der Waals surface area contributed by atoms with Crippen molar-refractivity contribution in [2.24, 2.45) is 0 Å². The SMILES string of the molecule is CCCCCCCCCC(=O)OCC(O)[C@H]1OC[C@@H](O)[C@@H]1O. The molecule has 130 valence electrons. The van der Waals surface area contributed by atoms with Gasteiger partial charge >= 0.3 is 5.97 Å². The topological polar surface area (TPSA) is 96.2 Å². The molecule has 0 bridgehead atoms. The van der Waals surface area contributed by atoms with Crippen molar-refractivity contribution in [3.63, 3.8) is 0 Å². The number of rotatable bonds is 11. The third-order valence-corrected chi connectivity index (χ3v) is 3.97. The van der Waals surface area contributed by atoms with Crippen molar-refractivity contribution in [1.82, 2.24) is 0 Å². The van der Waals surface area contributed by atoms with Crippen LogP contribution in [-0.2, 0) is 14.3 Å². The lowest BCUT2D eigenvalue weighted by Gasteiger charge is -2.20. The summed E-state index contributed by atoms with van der Waals surface area (Å²) in [6.45, 7) is 1.94. The minimum Gasteiger partial charge on any atom is -0.463 e. The monoisotopic (exact) mass is 318 g/mol. The molecule has 3 N–H and O–H groups in total. The third kappa shape index (κ3) is 7.05. The maximum atomic E-state index is 11.6. The molecule has 1 rings (SSSR count). The van der Waals surface area contributed by atoms with Crippen LogP contribution in [0.2, 0.25) is 0 Å². The first-order valence-corrected chi connectivity index (χ1v) is 8.37. The highest BCUT2D eigenvalue weighted by Gasteiger charge is 2.39. The number of aliphatic hydroxyl groups excluding tert-OH is 3. The van der Waals surface area contributed by atoms with Gasteiger partial charge in [-0.05, 0) is 6.42 Å². The molecule has 1 fully saturated rings. The van der Waals surface area contributed by atoms with Crippen molar-refractivity contribution in [2.75, 3.05) is 13.2 Å². The Morgan fingerprint density at radius 3 is 2.41 bits per heavy atom. The summed E-state index contributed by atoms with van der Waals surface area (Å²) >= 11 is 0. The minimum atomic E-state index is -1.14. The molecule has 1 aliphatic heterocycles. The van der Waals surface area contributed by atoms with Gasteiger partial charge in [-0.3, -0.25) is 4.79 Å². The first-order valence-electron chi connectivity index (χ1n) is 8.37. The smallest absolute Gasteiger partial charge is 0.305 e. The van der Waals surface area contributed by atoms with Gasteiger partial charge in [0.15, 0.2) is 0 Å². The van der Waals surface area contributed by atoms with E-state index in [1.54, 1.807) is 0 Å². The van der Waals surface area contributed by atoms with E-state index in [-0.39, 0.29) is 19.2 Å². The Morgan fingerprint density at radius 1 is 1.18 bits per heavy atom. The number of aliphatic hydroxyl groups is 3. The van der Waals surface area contributed by atoms with E-state index < -0.39 is 24.4 Å². The molecule has 0 radical (unpaired) electrons. The third-order valence-electron chi connectivity index (χ3n) is 3.97. The summed E-state index contributed by atoms with van der Waals surface area (Å²) in [5.74, 6) is -0.347. The fourth-order valence-electron chi connectivity index (χ4n) is 2.54. The molecule has 0 aliphatic carbocycles. The lowest BCUT2D eigenvalue weighted by atomic mass is 10.1.